The third kappa shape index (κ3) is 3.93. The van der Waals surface area contributed by atoms with E-state index in [0.29, 0.717) is 36.8 Å². The molecular formula is C30H32F5NO3. The Labute approximate surface area is 223 Å². The predicted octanol–water partition coefficient (Wildman–Crippen LogP) is 6.41. The molecule has 5 aliphatic rings. The first kappa shape index (κ1) is 26.7. The third-order valence-electron chi connectivity index (χ3n) is 10.2. The summed E-state index contributed by atoms with van der Waals surface area (Å²) in [6, 6.07) is 7.01. The molecule has 0 aromatic heterocycles. The molecule has 6 rings (SSSR count). The monoisotopic (exact) mass is 549 g/mol. The summed E-state index contributed by atoms with van der Waals surface area (Å²) in [6.45, 7) is 1.41. The maximum atomic E-state index is 15.1. The molecule has 1 aromatic carbocycles. The minimum Gasteiger partial charge on any atom is -0.383 e. The summed E-state index contributed by atoms with van der Waals surface area (Å²) in [6.07, 6.45) is -1.04. The van der Waals surface area contributed by atoms with E-state index in [1.165, 1.54) is 6.92 Å². The summed E-state index contributed by atoms with van der Waals surface area (Å²) in [5.74, 6) is -6.76. The number of benzene rings is 1. The minimum absolute atomic E-state index is 0.0380. The smallest absolute Gasteiger partial charge is 0.383 e. The molecule has 5 aliphatic carbocycles. The van der Waals surface area contributed by atoms with Crippen molar-refractivity contribution in [2.75, 3.05) is 0 Å². The van der Waals surface area contributed by atoms with E-state index in [0.717, 1.165) is 29.6 Å². The van der Waals surface area contributed by atoms with Crippen molar-refractivity contribution >= 4 is 11.7 Å². The van der Waals surface area contributed by atoms with Gasteiger partial charge >= 0.3 is 12.1 Å². The number of ketones is 1. The van der Waals surface area contributed by atoms with Crippen LogP contribution in [-0.4, -0.2) is 40.5 Å². The normalized spacial score (nSPS) is 34.7. The van der Waals surface area contributed by atoms with Crippen molar-refractivity contribution in [2.45, 2.75) is 94.4 Å². The lowest BCUT2D eigenvalue weighted by Gasteiger charge is -2.56. The van der Waals surface area contributed by atoms with Gasteiger partial charge in [-0.3, -0.25) is 9.59 Å². The molecule has 4 nitrogen and oxygen atoms in total. The van der Waals surface area contributed by atoms with Gasteiger partial charge in [0.25, 0.3) is 5.91 Å². The second-order valence-electron chi connectivity index (χ2n) is 12.3. The maximum absolute atomic E-state index is 15.1. The first-order valence-corrected chi connectivity index (χ1v) is 13.8. The maximum Gasteiger partial charge on any atom is 0.456 e. The molecule has 39 heavy (non-hydrogen) atoms. The average Bonchev–Trinajstić information content (AvgIpc) is 3.65. The van der Waals surface area contributed by atoms with Crippen molar-refractivity contribution in [3.63, 3.8) is 0 Å². The first-order valence-electron chi connectivity index (χ1n) is 13.8. The fourth-order valence-corrected chi connectivity index (χ4v) is 8.08. The number of amides is 1. The van der Waals surface area contributed by atoms with Crippen LogP contribution in [0.2, 0.25) is 0 Å². The van der Waals surface area contributed by atoms with Crippen LogP contribution in [-0.2, 0) is 4.79 Å². The zero-order chi connectivity index (χ0) is 28.0. The molecule has 5 atom stereocenters. The molecule has 0 saturated heterocycles. The number of alkyl halides is 5. The third-order valence-corrected chi connectivity index (χ3v) is 10.2. The Balaban J connectivity index is 1.45. The number of rotatable bonds is 4. The van der Waals surface area contributed by atoms with Gasteiger partial charge in [0.15, 0.2) is 5.78 Å². The Morgan fingerprint density at radius 2 is 1.69 bits per heavy atom. The van der Waals surface area contributed by atoms with E-state index < -0.39 is 41.4 Å². The fourth-order valence-electron chi connectivity index (χ4n) is 8.08. The van der Waals surface area contributed by atoms with Gasteiger partial charge in [-0.25, -0.2) is 0 Å². The van der Waals surface area contributed by atoms with E-state index in [9.17, 15) is 27.9 Å². The number of halogens is 5. The Morgan fingerprint density at radius 1 is 1.00 bits per heavy atom. The van der Waals surface area contributed by atoms with E-state index >= 15 is 8.78 Å². The van der Waals surface area contributed by atoms with Crippen LogP contribution in [0.25, 0.3) is 0 Å². The number of allylic oxidation sites excluding steroid dienone is 4. The molecule has 0 heterocycles. The Hall–Kier alpha value is -2.55. The van der Waals surface area contributed by atoms with Crippen LogP contribution >= 0.6 is 0 Å². The highest BCUT2D eigenvalue weighted by Crippen LogP contribution is 2.70. The second-order valence-corrected chi connectivity index (χ2v) is 12.3. The fraction of sp³-hybridized carbons (Fsp3) is 0.600. The van der Waals surface area contributed by atoms with E-state index in [4.69, 9.17) is 0 Å². The Kier molecular flexibility index (Phi) is 5.96. The van der Waals surface area contributed by atoms with Gasteiger partial charge in [-0.1, -0.05) is 24.6 Å². The number of aliphatic hydroxyl groups is 1. The zero-order valence-corrected chi connectivity index (χ0v) is 21.7. The van der Waals surface area contributed by atoms with Crippen LogP contribution < -0.4 is 5.32 Å². The van der Waals surface area contributed by atoms with Gasteiger partial charge in [-0.15, -0.1) is 0 Å². The Bertz CT molecular complexity index is 1280. The largest absolute Gasteiger partial charge is 0.456 e. The van der Waals surface area contributed by atoms with Gasteiger partial charge in [-0.05, 0) is 98.1 Å². The number of hydrogen-bond acceptors (Lipinski definition) is 3. The average molecular weight is 550 g/mol. The molecular weight excluding hydrogens is 517 g/mol. The van der Waals surface area contributed by atoms with E-state index in [2.05, 4.69) is 5.32 Å². The van der Waals surface area contributed by atoms with Crippen molar-refractivity contribution in [2.24, 2.45) is 17.3 Å². The molecule has 2 N–H and O–H groups in total. The van der Waals surface area contributed by atoms with Gasteiger partial charge in [-0.2, -0.15) is 22.0 Å². The van der Waals surface area contributed by atoms with Crippen LogP contribution in [0.1, 0.15) is 86.6 Å². The first-order chi connectivity index (χ1) is 18.3. The van der Waals surface area contributed by atoms with Gasteiger partial charge in [0.1, 0.15) is 5.60 Å². The van der Waals surface area contributed by atoms with Gasteiger partial charge in [0, 0.05) is 29.4 Å². The summed E-state index contributed by atoms with van der Waals surface area (Å²) in [4.78, 5) is 24.7. The SMILES string of the molecule is C[C@]12C[C@H](c3ccc(C(=O)NC4CC4)cc3)C3=C4CCC(=O)C=C4CC[C@H]3[C@@H]1CC[C@@]2(O)C(F)(F)C(F)(F)F. The molecule has 0 aliphatic heterocycles. The van der Waals surface area contributed by atoms with Gasteiger partial charge in [0.05, 0.1) is 0 Å². The lowest BCUT2D eigenvalue weighted by Crippen LogP contribution is -2.65. The highest BCUT2D eigenvalue weighted by atomic mass is 19.4. The van der Waals surface area contributed by atoms with Crippen molar-refractivity contribution < 1.29 is 36.6 Å². The molecule has 210 valence electrons. The van der Waals surface area contributed by atoms with Crippen molar-refractivity contribution in [1.29, 1.82) is 0 Å². The summed E-state index contributed by atoms with van der Waals surface area (Å²) in [5, 5.41) is 14.3. The molecule has 1 amide bonds. The Morgan fingerprint density at radius 3 is 2.33 bits per heavy atom. The lowest BCUT2D eigenvalue weighted by atomic mass is 9.50. The van der Waals surface area contributed by atoms with E-state index in [1.807, 2.05) is 0 Å². The van der Waals surface area contributed by atoms with E-state index in [1.54, 1.807) is 30.3 Å². The number of fused-ring (bicyclic) bond motifs is 4. The van der Waals surface area contributed by atoms with Crippen LogP contribution in [0.4, 0.5) is 22.0 Å². The summed E-state index contributed by atoms with van der Waals surface area (Å²) >= 11 is 0. The minimum atomic E-state index is -5.88. The molecule has 1 aromatic rings. The van der Waals surface area contributed by atoms with Crippen LogP contribution in [0.5, 0.6) is 0 Å². The number of carbonyl (C=O) groups excluding carboxylic acids is 2. The van der Waals surface area contributed by atoms with Gasteiger partial charge < -0.3 is 10.4 Å². The molecule has 3 fully saturated rings. The summed E-state index contributed by atoms with van der Waals surface area (Å²) in [5.41, 5.74) is -0.801. The van der Waals surface area contributed by atoms with Gasteiger partial charge in [0.2, 0.25) is 0 Å². The van der Waals surface area contributed by atoms with Crippen molar-refractivity contribution in [3.8, 4) is 0 Å². The second kappa shape index (κ2) is 8.72. The predicted molar refractivity (Wildman–Crippen MR) is 133 cm³/mol. The molecule has 0 unspecified atom stereocenters. The molecule has 9 heteroatoms. The molecule has 0 spiro atoms. The quantitative estimate of drug-likeness (QED) is 0.427. The number of carbonyl (C=O) groups is 2. The molecule has 0 bridgehead atoms. The summed E-state index contributed by atoms with van der Waals surface area (Å²) < 4.78 is 71.2. The highest BCUT2D eigenvalue weighted by molar-refractivity contribution is 5.94. The van der Waals surface area contributed by atoms with Crippen molar-refractivity contribution in [3.05, 3.63) is 58.2 Å². The van der Waals surface area contributed by atoms with Crippen molar-refractivity contribution in [1.82, 2.24) is 5.32 Å². The van der Waals surface area contributed by atoms with Crippen LogP contribution in [0.15, 0.2) is 47.1 Å². The number of hydrogen-bond donors (Lipinski definition) is 2. The van der Waals surface area contributed by atoms with Crippen LogP contribution in [0, 0.1) is 17.3 Å². The van der Waals surface area contributed by atoms with E-state index in [-0.39, 0.29) is 36.5 Å². The highest BCUT2D eigenvalue weighted by Gasteiger charge is 2.79. The number of nitrogens with one attached hydrogen (secondary N) is 1. The molecule has 0 radical (unpaired) electrons. The standard InChI is InChI=1S/C30H32F5NO3/c1-27-15-23(16-2-4-17(5-3-16)26(38)36-19-7-8-19)25-21-11-9-20(37)14-18(21)6-10-22(25)24(27)12-13-28(27,39)29(31,32)30(33,34)35/h2-5,14,19,22-24,39H,6-13,15H2,1H3,(H,36,38)/t22-,23+,24-,27-,28-/m0/s1. The van der Waals surface area contributed by atoms with Crippen LogP contribution in [0.3, 0.4) is 0 Å². The lowest BCUT2D eigenvalue weighted by molar-refractivity contribution is -0.362. The topological polar surface area (TPSA) is 66.4 Å². The molecule has 3 saturated carbocycles. The zero-order valence-electron chi connectivity index (χ0n) is 21.7. The summed E-state index contributed by atoms with van der Waals surface area (Å²) in [7, 11) is 0.